The lowest BCUT2D eigenvalue weighted by atomic mass is 9.48. The predicted molar refractivity (Wildman–Crippen MR) is 131 cm³/mol. The van der Waals surface area contributed by atoms with Gasteiger partial charge in [0.15, 0.2) is 19.9 Å². The maximum atomic E-state index is 11.8. The fraction of sp³-hybridized carbons (Fsp3) is 1.00. The van der Waals surface area contributed by atoms with Crippen molar-refractivity contribution in [2.24, 2.45) is 28.6 Å². The first-order valence-electron chi connectivity index (χ1n) is 13.5. The van der Waals surface area contributed by atoms with Crippen LogP contribution < -0.4 is 0 Å². The Labute approximate surface area is 202 Å². The quantitative estimate of drug-likeness (QED) is 0.502. The van der Waals surface area contributed by atoms with Crippen molar-refractivity contribution < 1.29 is 23.7 Å². The number of ether oxygens (including phenoxy) is 3. The van der Waals surface area contributed by atoms with E-state index in [0.717, 1.165) is 44.9 Å². The van der Waals surface area contributed by atoms with Crippen LogP contribution in [0, 0.1) is 28.6 Å². The largest absolute Gasteiger partial charge is 0.414 e. The third-order valence-corrected chi connectivity index (χ3v) is 15.9. The van der Waals surface area contributed by atoms with Gasteiger partial charge in [-0.15, -0.1) is 0 Å². The molecule has 0 aromatic rings. The molecule has 6 heteroatoms. The number of hydrogen-bond acceptors (Lipinski definition) is 5. The summed E-state index contributed by atoms with van der Waals surface area (Å²) in [7, 11) is -1.84. The summed E-state index contributed by atoms with van der Waals surface area (Å²) in [6.45, 7) is 19.8. The minimum Gasteiger partial charge on any atom is -0.414 e. The van der Waals surface area contributed by atoms with Crippen LogP contribution in [0.15, 0.2) is 0 Å². The second-order valence-electron chi connectivity index (χ2n) is 14.1. The third-order valence-electron chi connectivity index (χ3n) is 11.4. The van der Waals surface area contributed by atoms with Crippen molar-refractivity contribution in [3.63, 3.8) is 0 Å². The van der Waals surface area contributed by atoms with Crippen LogP contribution in [0.2, 0.25) is 18.1 Å². The molecule has 190 valence electrons. The third kappa shape index (κ3) is 3.48. The maximum absolute atomic E-state index is 11.8. The Hall–Kier alpha value is 0.0169. The Morgan fingerprint density at radius 1 is 0.909 bits per heavy atom. The summed E-state index contributed by atoms with van der Waals surface area (Å²) in [5.41, 5.74) is 0.0402. The van der Waals surface area contributed by atoms with Crippen molar-refractivity contribution in [2.75, 3.05) is 13.2 Å². The first-order valence-corrected chi connectivity index (χ1v) is 16.4. The fourth-order valence-corrected chi connectivity index (χ4v) is 9.85. The fourth-order valence-electron chi connectivity index (χ4n) is 8.45. The van der Waals surface area contributed by atoms with Crippen molar-refractivity contribution in [1.29, 1.82) is 0 Å². The Balaban J connectivity index is 1.39. The zero-order valence-corrected chi connectivity index (χ0v) is 23.3. The Bertz CT molecular complexity index is 769. The van der Waals surface area contributed by atoms with Gasteiger partial charge < -0.3 is 23.7 Å². The highest BCUT2D eigenvalue weighted by Crippen LogP contribution is 2.70. The molecule has 0 bridgehead atoms. The van der Waals surface area contributed by atoms with E-state index < -0.39 is 19.9 Å². The number of aliphatic hydroxyl groups is 1. The van der Waals surface area contributed by atoms with Crippen molar-refractivity contribution >= 4 is 8.32 Å². The summed E-state index contributed by atoms with van der Waals surface area (Å²) in [5.74, 6) is -0.615. The lowest BCUT2D eigenvalue weighted by molar-refractivity contribution is -0.363. The molecule has 1 N–H and O–H groups in total. The predicted octanol–water partition coefficient (Wildman–Crippen LogP) is 5.86. The van der Waals surface area contributed by atoms with E-state index in [1.807, 2.05) is 6.92 Å². The molecule has 5 unspecified atom stereocenters. The molecule has 5 nitrogen and oxygen atoms in total. The van der Waals surface area contributed by atoms with Crippen LogP contribution in [0.1, 0.15) is 86.5 Å². The Kier molecular flexibility index (Phi) is 5.63. The van der Waals surface area contributed by atoms with Gasteiger partial charge in [0.05, 0.1) is 19.3 Å². The van der Waals surface area contributed by atoms with Crippen LogP contribution in [-0.4, -0.2) is 50.4 Å². The van der Waals surface area contributed by atoms with E-state index in [0.29, 0.717) is 25.0 Å². The average Bonchev–Trinajstić information content (AvgIpc) is 3.28. The molecule has 2 heterocycles. The lowest BCUT2D eigenvalue weighted by Crippen LogP contribution is -2.67. The summed E-state index contributed by atoms with van der Waals surface area (Å²) in [5, 5.41) is 12.0. The van der Waals surface area contributed by atoms with Crippen molar-refractivity contribution in [2.45, 2.75) is 128 Å². The highest BCUT2D eigenvalue weighted by molar-refractivity contribution is 6.74. The molecule has 33 heavy (non-hydrogen) atoms. The molecule has 5 fully saturated rings. The van der Waals surface area contributed by atoms with E-state index >= 15 is 0 Å². The van der Waals surface area contributed by atoms with E-state index in [9.17, 15) is 5.11 Å². The molecule has 8 atom stereocenters. The molecule has 0 aromatic carbocycles. The monoisotopic (exact) mass is 480 g/mol. The highest BCUT2D eigenvalue weighted by Gasteiger charge is 2.71. The summed E-state index contributed by atoms with van der Waals surface area (Å²) in [6, 6.07) is 0. The highest BCUT2D eigenvalue weighted by atomic mass is 28.4. The SMILES string of the molecule is CC1(O)OC2C[C@@H](O[Si](C)(C)C(C)(C)C)CC[C@]2(C)C2CC[C@@]3(C)C(CCC34OCCO4)C21. The van der Waals surface area contributed by atoms with Crippen LogP contribution >= 0.6 is 0 Å². The van der Waals surface area contributed by atoms with Crippen LogP contribution in [-0.2, 0) is 18.6 Å². The van der Waals surface area contributed by atoms with Crippen molar-refractivity contribution in [3.8, 4) is 0 Å². The summed E-state index contributed by atoms with van der Waals surface area (Å²) in [6.07, 6.45) is 7.64. The molecule has 2 aliphatic heterocycles. The second kappa shape index (κ2) is 7.52. The number of rotatable bonds is 2. The molecule has 0 aromatic heterocycles. The van der Waals surface area contributed by atoms with E-state index in [2.05, 4.69) is 47.7 Å². The van der Waals surface area contributed by atoms with E-state index in [1.165, 1.54) is 0 Å². The first-order chi connectivity index (χ1) is 15.2. The molecule has 0 radical (unpaired) electrons. The number of fused-ring (bicyclic) bond motifs is 6. The van der Waals surface area contributed by atoms with Gasteiger partial charge in [-0.25, -0.2) is 0 Å². The molecule has 2 saturated heterocycles. The van der Waals surface area contributed by atoms with Gasteiger partial charge in [-0.05, 0) is 80.8 Å². The molecule has 3 aliphatic carbocycles. The minimum absolute atomic E-state index is 0.0517. The zero-order valence-electron chi connectivity index (χ0n) is 22.3. The van der Waals surface area contributed by atoms with Gasteiger partial charge in [0.1, 0.15) is 0 Å². The molecule has 1 spiro atoms. The van der Waals surface area contributed by atoms with E-state index in [-0.39, 0.29) is 34.0 Å². The van der Waals surface area contributed by atoms with E-state index in [1.54, 1.807) is 0 Å². The first kappa shape index (κ1) is 24.7. The lowest BCUT2D eigenvalue weighted by Gasteiger charge is -2.65. The number of hydrogen-bond donors (Lipinski definition) is 1. The summed E-state index contributed by atoms with van der Waals surface area (Å²) < 4.78 is 26.1. The van der Waals surface area contributed by atoms with Gasteiger partial charge in [-0.1, -0.05) is 34.6 Å². The van der Waals surface area contributed by atoms with Crippen LogP contribution in [0.4, 0.5) is 0 Å². The molecule has 3 saturated carbocycles. The van der Waals surface area contributed by atoms with Gasteiger partial charge in [-0.3, -0.25) is 0 Å². The molecular formula is C27H48O5Si. The maximum Gasteiger partial charge on any atom is 0.192 e. The zero-order chi connectivity index (χ0) is 24.1. The molecule has 0 amide bonds. The minimum atomic E-state index is -1.84. The normalized spacial score (nSPS) is 49.5. The van der Waals surface area contributed by atoms with Gasteiger partial charge in [0.25, 0.3) is 0 Å². The van der Waals surface area contributed by atoms with Gasteiger partial charge in [0, 0.05) is 23.9 Å². The van der Waals surface area contributed by atoms with Gasteiger partial charge in [0.2, 0.25) is 0 Å². The smallest absolute Gasteiger partial charge is 0.192 e. The van der Waals surface area contributed by atoms with Gasteiger partial charge in [-0.2, -0.15) is 0 Å². The Morgan fingerprint density at radius 3 is 2.18 bits per heavy atom. The molecule has 5 aliphatic rings. The average molecular weight is 481 g/mol. The van der Waals surface area contributed by atoms with Crippen LogP contribution in [0.25, 0.3) is 0 Å². The van der Waals surface area contributed by atoms with Crippen LogP contribution in [0.3, 0.4) is 0 Å². The van der Waals surface area contributed by atoms with Gasteiger partial charge >= 0.3 is 0 Å². The van der Waals surface area contributed by atoms with Crippen molar-refractivity contribution in [3.05, 3.63) is 0 Å². The standard InChI is InChI=1S/C27H48O5Si/c1-23(2,3)33(7,8)32-18-9-12-24(4)19-10-13-25(5)20(11-14-27(25)29-15-16-30-27)22(19)26(6,28)31-21(24)17-18/h18-22,28H,9-17H2,1-8H3/t18-,19?,20?,21?,22?,24+,25-,26?/m0/s1. The van der Waals surface area contributed by atoms with E-state index in [4.69, 9.17) is 18.6 Å². The summed E-state index contributed by atoms with van der Waals surface area (Å²) >= 11 is 0. The van der Waals surface area contributed by atoms with Crippen LogP contribution in [0.5, 0.6) is 0 Å². The second-order valence-corrected chi connectivity index (χ2v) is 18.9. The van der Waals surface area contributed by atoms with Crippen molar-refractivity contribution in [1.82, 2.24) is 0 Å². The Morgan fingerprint density at radius 2 is 1.55 bits per heavy atom. The molecular weight excluding hydrogens is 432 g/mol. The molecule has 5 rings (SSSR count). The topological polar surface area (TPSA) is 57.2 Å². The summed E-state index contributed by atoms with van der Waals surface area (Å²) in [4.78, 5) is 0.